The summed E-state index contributed by atoms with van der Waals surface area (Å²) in [5, 5.41) is 4.67. The Balaban J connectivity index is 2.24. The van der Waals surface area contributed by atoms with E-state index in [1.165, 1.54) is 0 Å². The Bertz CT molecular complexity index is 381. The molecule has 0 aliphatic carbocycles. The monoisotopic (exact) mass is 263 g/mol. The molecule has 0 amide bonds. The second-order valence-electron chi connectivity index (χ2n) is 2.95. The highest BCUT2D eigenvalue weighted by Gasteiger charge is 2.21. The molecular weight excluding hydrogens is 257 g/mol. The lowest BCUT2D eigenvalue weighted by Gasteiger charge is -2.07. The van der Waals surface area contributed by atoms with Gasteiger partial charge in [0.2, 0.25) is 0 Å². The molecule has 0 spiro atoms. The number of halogens is 2. The van der Waals surface area contributed by atoms with Crippen molar-refractivity contribution in [2.45, 2.75) is 5.25 Å². The van der Waals surface area contributed by atoms with Gasteiger partial charge in [0.15, 0.2) is 0 Å². The molecule has 1 nitrogen and oxygen atoms in total. The number of benzene rings is 1. The van der Waals surface area contributed by atoms with Gasteiger partial charge in [-0.2, -0.15) is 0 Å². The van der Waals surface area contributed by atoms with Crippen LogP contribution in [-0.2, 0) is 0 Å². The number of rotatable bonds is 1. The van der Waals surface area contributed by atoms with Gasteiger partial charge in [0.1, 0.15) is 4.32 Å². The van der Waals surface area contributed by atoms with Crippen molar-refractivity contribution in [3.63, 3.8) is 0 Å². The summed E-state index contributed by atoms with van der Waals surface area (Å²) in [7, 11) is 0. The zero-order chi connectivity index (χ0) is 10.1. The molecule has 2 rings (SSSR count). The topological polar surface area (TPSA) is 12.0 Å². The predicted molar refractivity (Wildman–Crippen MR) is 67.4 cm³/mol. The molecular formula is C9H7Cl2NS2. The molecule has 5 heteroatoms. The molecule has 0 radical (unpaired) electrons. The van der Waals surface area contributed by atoms with Crippen LogP contribution in [-0.4, -0.2) is 10.9 Å². The molecule has 1 aromatic carbocycles. The van der Waals surface area contributed by atoms with Crippen LogP contribution >= 0.6 is 47.2 Å². The summed E-state index contributed by atoms with van der Waals surface area (Å²) in [4.78, 5) is 0. The van der Waals surface area contributed by atoms with Gasteiger partial charge in [-0.15, -0.1) is 0 Å². The molecule has 1 aliphatic heterocycles. The Morgan fingerprint density at radius 1 is 1.36 bits per heavy atom. The van der Waals surface area contributed by atoms with Gasteiger partial charge in [0.05, 0.1) is 15.3 Å². The average Bonchev–Trinajstić information content (AvgIpc) is 2.57. The molecule has 1 heterocycles. The van der Waals surface area contributed by atoms with E-state index in [1.54, 1.807) is 11.8 Å². The van der Waals surface area contributed by atoms with Gasteiger partial charge < -0.3 is 5.32 Å². The third-order valence-electron chi connectivity index (χ3n) is 2.00. The summed E-state index contributed by atoms with van der Waals surface area (Å²) < 4.78 is 0.848. The maximum Gasteiger partial charge on any atom is 0.134 e. The third kappa shape index (κ3) is 2.16. The van der Waals surface area contributed by atoms with E-state index in [9.17, 15) is 0 Å². The van der Waals surface area contributed by atoms with Crippen molar-refractivity contribution >= 4 is 51.5 Å². The van der Waals surface area contributed by atoms with Gasteiger partial charge in [-0.3, -0.25) is 0 Å². The number of nitrogens with one attached hydrogen (secondary N) is 1. The summed E-state index contributed by atoms with van der Waals surface area (Å²) >= 11 is 18.5. The molecule has 0 aromatic heterocycles. The summed E-state index contributed by atoms with van der Waals surface area (Å²) in [5.74, 6) is 0. The molecule has 1 saturated heterocycles. The van der Waals surface area contributed by atoms with Crippen LogP contribution in [0.15, 0.2) is 18.2 Å². The van der Waals surface area contributed by atoms with E-state index in [0.717, 1.165) is 16.4 Å². The van der Waals surface area contributed by atoms with Crippen LogP contribution in [0.2, 0.25) is 10.0 Å². The van der Waals surface area contributed by atoms with E-state index >= 15 is 0 Å². The van der Waals surface area contributed by atoms with E-state index < -0.39 is 0 Å². The van der Waals surface area contributed by atoms with Crippen LogP contribution in [0.1, 0.15) is 10.8 Å². The molecule has 1 fully saturated rings. The highest BCUT2D eigenvalue weighted by Crippen LogP contribution is 2.35. The van der Waals surface area contributed by atoms with Crippen molar-refractivity contribution in [2.24, 2.45) is 0 Å². The van der Waals surface area contributed by atoms with E-state index in [-0.39, 0.29) is 0 Å². The van der Waals surface area contributed by atoms with Gasteiger partial charge in [-0.05, 0) is 17.7 Å². The molecule has 1 atom stereocenters. The molecule has 74 valence electrons. The Morgan fingerprint density at radius 3 is 2.71 bits per heavy atom. The maximum absolute atomic E-state index is 5.93. The summed E-state index contributed by atoms with van der Waals surface area (Å²) in [6.07, 6.45) is 0. The molecule has 1 aromatic rings. The Morgan fingerprint density at radius 2 is 2.14 bits per heavy atom. The second kappa shape index (κ2) is 4.27. The minimum absolute atomic E-state index is 0.359. The standard InChI is InChI=1S/C9H7Cl2NS2/c10-6-2-1-5(3-7(6)11)8-4-12-9(13)14-8/h1-3,8H,4H2,(H,12,13). The zero-order valence-corrected chi connectivity index (χ0v) is 10.2. The smallest absolute Gasteiger partial charge is 0.134 e. The van der Waals surface area contributed by atoms with Gasteiger partial charge in [0.25, 0.3) is 0 Å². The van der Waals surface area contributed by atoms with E-state index in [4.69, 9.17) is 35.4 Å². The Kier molecular flexibility index (Phi) is 3.22. The number of hydrogen-bond donors (Lipinski definition) is 1. The van der Waals surface area contributed by atoms with Crippen LogP contribution in [0.4, 0.5) is 0 Å². The number of hydrogen-bond acceptors (Lipinski definition) is 2. The lowest BCUT2D eigenvalue weighted by atomic mass is 10.1. The zero-order valence-electron chi connectivity index (χ0n) is 7.09. The molecule has 0 saturated carbocycles. The molecule has 1 aliphatic rings. The lowest BCUT2D eigenvalue weighted by molar-refractivity contribution is 0.888. The van der Waals surface area contributed by atoms with Crippen molar-refractivity contribution in [1.29, 1.82) is 0 Å². The van der Waals surface area contributed by atoms with Crippen LogP contribution in [0.5, 0.6) is 0 Å². The average molecular weight is 264 g/mol. The highest BCUT2D eigenvalue weighted by atomic mass is 35.5. The SMILES string of the molecule is S=C1NCC(c2ccc(Cl)c(Cl)c2)S1. The fraction of sp³-hybridized carbons (Fsp3) is 0.222. The minimum Gasteiger partial charge on any atom is -0.369 e. The molecule has 1 unspecified atom stereocenters. The normalized spacial score (nSPS) is 21.0. The first-order valence-corrected chi connectivity index (χ1v) is 6.10. The van der Waals surface area contributed by atoms with Crippen molar-refractivity contribution in [1.82, 2.24) is 5.32 Å². The number of thioether (sulfide) groups is 1. The van der Waals surface area contributed by atoms with E-state index in [2.05, 4.69) is 5.32 Å². The van der Waals surface area contributed by atoms with Crippen LogP contribution in [0.3, 0.4) is 0 Å². The van der Waals surface area contributed by atoms with Crippen molar-refractivity contribution < 1.29 is 0 Å². The Hall–Kier alpha value is 0.0400. The molecule has 0 bridgehead atoms. The maximum atomic E-state index is 5.93. The second-order valence-corrected chi connectivity index (χ2v) is 5.64. The van der Waals surface area contributed by atoms with Crippen molar-refractivity contribution in [3.05, 3.63) is 33.8 Å². The van der Waals surface area contributed by atoms with Gasteiger partial charge in [-0.25, -0.2) is 0 Å². The van der Waals surface area contributed by atoms with Gasteiger partial charge >= 0.3 is 0 Å². The first kappa shape index (κ1) is 10.6. The predicted octanol–water partition coefficient (Wildman–Crippen LogP) is 3.66. The first-order valence-electron chi connectivity index (χ1n) is 4.06. The van der Waals surface area contributed by atoms with Crippen LogP contribution < -0.4 is 5.32 Å². The van der Waals surface area contributed by atoms with Crippen LogP contribution in [0, 0.1) is 0 Å². The van der Waals surface area contributed by atoms with Gasteiger partial charge in [-0.1, -0.05) is 53.2 Å². The summed E-state index contributed by atoms with van der Waals surface area (Å²) in [6.45, 7) is 0.863. The van der Waals surface area contributed by atoms with Crippen molar-refractivity contribution in [3.8, 4) is 0 Å². The molecule has 14 heavy (non-hydrogen) atoms. The quantitative estimate of drug-likeness (QED) is 0.777. The minimum atomic E-state index is 0.359. The van der Waals surface area contributed by atoms with E-state index in [1.807, 2.05) is 18.2 Å². The fourth-order valence-electron chi connectivity index (χ4n) is 1.29. The fourth-order valence-corrected chi connectivity index (χ4v) is 2.90. The largest absolute Gasteiger partial charge is 0.369 e. The van der Waals surface area contributed by atoms with Crippen LogP contribution in [0.25, 0.3) is 0 Å². The Labute approximate surface area is 102 Å². The molecule has 1 N–H and O–H groups in total. The van der Waals surface area contributed by atoms with E-state index in [0.29, 0.717) is 15.3 Å². The highest BCUT2D eigenvalue weighted by molar-refractivity contribution is 8.23. The van der Waals surface area contributed by atoms with Crippen molar-refractivity contribution in [2.75, 3.05) is 6.54 Å². The lowest BCUT2D eigenvalue weighted by Crippen LogP contribution is -2.11. The number of thiocarbonyl (C=S) groups is 1. The third-order valence-corrected chi connectivity index (χ3v) is 4.25. The summed E-state index contributed by atoms with van der Waals surface area (Å²) in [5.41, 5.74) is 1.16. The van der Waals surface area contributed by atoms with Gasteiger partial charge in [0, 0.05) is 6.54 Å². The summed E-state index contributed by atoms with van der Waals surface area (Å²) in [6, 6.07) is 5.71. The first-order chi connectivity index (χ1) is 6.66.